The molecule has 2 nitrogen and oxygen atoms in total. The average molecular weight is 262 g/mol. The molecule has 0 fully saturated rings. The molecule has 0 bridgehead atoms. The van der Waals surface area contributed by atoms with Gasteiger partial charge in [-0.05, 0) is 49.4 Å². The molecule has 0 heterocycles. The first-order valence-corrected chi connectivity index (χ1v) is 6.24. The number of aryl methyl sites for hydroxylation is 1. The molecule has 0 aliphatic carbocycles. The molecule has 0 atom stereocenters. The zero-order valence-electron chi connectivity index (χ0n) is 10.5. The van der Waals surface area contributed by atoms with Gasteiger partial charge in [-0.2, -0.15) is 0 Å². The van der Waals surface area contributed by atoms with Gasteiger partial charge in [-0.3, -0.25) is 0 Å². The molecule has 2 rings (SSSR count). The number of nitrogens with one attached hydrogen (secondary N) is 1. The van der Waals surface area contributed by atoms with Crippen molar-refractivity contribution >= 4 is 11.6 Å². The number of hydrogen-bond donors (Lipinski definition) is 1. The second-order valence-corrected chi connectivity index (χ2v) is 4.62. The summed E-state index contributed by atoms with van der Waals surface area (Å²) < 4.78 is 5.77. The van der Waals surface area contributed by atoms with Crippen LogP contribution < -0.4 is 10.1 Å². The van der Waals surface area contributed by atoms with Crippen molar-refractivity contribution in [3.8, 4) is 11.5 Å². The Labute approximate surface area is 113 Å². The molecule has 3 heteroatoms. The fourth-order valence-electron chi connectivity index (χ4n) is 1.75. The molecule has 2 aromatic carbocycles. The molecule has 18 heavy (non-hydrogen) atoms. The van der Waals surface area contributed by atoms with Gasteiger partial charge < -0.3 is 10.1 Å². The zero-order valence-corrected chi connectivity index (χ0v) is 11.3. The lowest BCUT2D eigenvalue weighted by molar-refractivity contribution is 0.482. The minimum atomic E-state index is 0.629. The maximum absolute atomic E-state index is 6.20. The van der Waals surface area contributed by atoms with Crippen LogP contribution in [0.1, 0.15) is 11.1 Å². The van der Waals surface area contributed by atoms with Gasteiger partial charge in [0.25, 0.3) is 0 Å². The van der Waals surface area contributed by atoms with E-state index < -0.39 is 0 Å². The summed E-state index contributed by atoms with van der Waals surface area (Å²) in [6.07, 6.45) is 0. The fourth-order valence-corrected chi connectivity index (χ4v) is 1.99. The van der Waals surface area contributed by atoms with E-state index in [0.717, 1.165) is 23.4 Å². The van der Waals surface area contributed by atoms with Gasteiger partial charge in [0.2, 0.25) is 0 Å². The molecule has 0 amide bonds. The summed E-state index contributed by atoms with van der Waals surface area (Å²) in [6, 6.07) is 13.7. The van der Waals surface area contributed by atoms with Crippen LogP contribution in [-0.2, 0) is 6.54 Å². The topological polar surface area (TPSA) is 21.3 Å². The molecule has 2 aromatic rings. The van der Waals surface area contributed by atoms with E-state index in [1.54, 1.807) is 0 Å². The van der Waals surface area contributed by atoms with E-state index >= 15 is 0 Å². The second kappa shape index (κ2) is 5.89. The Morgan fingerprint density at radius 2 is 2.00 bits per heavy atom. The van der Waals surface area contributed by atoms with Crippen molar-refractivity contribution in [2.45, 2.75) is 13.5 Å². The van der Waals surface area contributed by atoms with Gasteiger partial charge >= 0.3 is 0 Å². The molecule has 0 spiro atoms. The van der Waals surface area contributed by atoms with Crippen molar-refractivity contribution in [1.29, 1.82) is 0 Å². The van der Waals surface area contributed by atoms with E-state index in [0.29, 0.717) is 10.8 Å². The molecule has 0 saturated heterocycles. The number of benzene rings is 2. The predicted molar refractivity (Wildman–Crippen MR) is 75.5 cm³/mol. The maximum Gasteiger partial charge on any atom is 0.146 e. The van der Waals surface area contributed by atoms with Gasteiger partial charge in [-0.15, -0.1) is 0 Å². The molecule has 0 unspecified atom stereocenters. The quantitative estimate of drug-likeness (QED) is 0.892. The second-order valence-electron chi connectivity index (χ2n) is 4.21. The first kappa shape index (κ1) is 12.9. The Morgan fingerprint density at radius 3 is 2.67 bits per heavy atom. The molecular formula is C15H16ClNO. The molecule has 0 aromatic heterocycles. The molecule has 1 N–H and O–H groups in total. The summed E-state index contributed by atoms with van der Waals surface area (Å²) in [5.41, 5.74) is 2.30. The Balaban J connectivity index is 2.19. The first-order chi connectivity index (χ1) is 8.69. The molecule has 94 valence electrons. The van der Waals surface area contributed by atoms with E-state index in [1.807, 2.05) is 56.4 Å². The normalized spacial score (nSPS) is 10.4. The predicted octanol–water partition coefficient (Wildman–Crippen LogP) is 4.16. The largest absolute Gasteiger partial charge is 0.456 e. The molecule has 0 saturated carbocycles. The third kappa shape index (κ3) is 3.25. The lowest BCUT2D eigenvalue weighted by Gasteiger charge is -2.09. The van der Waals surface area contributed by atoms with Crippen molar-refractivity contribution < 1.29 is 4.74 Å². The Morgan fingerprint density at radius 1 is 1.17 bits per heavy atom. The van der Waals surface area contributed by atoms with Gasteiger partial charge in [-0.25, -0.2) is 0 Å². The number of ether oxygens (including phenoxy) is 1. The van der Waals surface area contributed by atoms with Crippen LogP contribution in [0.4, 0.5) is 0 Å². The summed E-state index contributed by atoms with van der Waals surface area (Å²) in [5, 5.41) is 3.72. The lowest BCUT2D eigenvalue weighted by atomic mass is 10.2. The Kier molecular flexibility index (Phi) is 4.24. The molecule has 0 aliphatic rings. The SMILES string of the molecule is CNCc1ccc(Oc2cccc(C)c2)c(Cl)c1. The zero-order chi connectivity index (χ0) is 13.0. The van der Waals surface area contributed by atoms with Crippen LogP contribution in [-0.4, -0.2) is 7.05 Å². The van der Waals surface area contributed by atoms with E-state index in [2.05, 4.69) is 5.32 Å². The van der Waals surface area contributed by atoms with Crippen molar-refractivity contribution in [3.05, 3.63) is 58.6 Å². The summed E-state index contributed by atoms with van der Waals surface area (Å²) in [5.74, 6) is 1.49. The summed E-state index contributed by atoms with van der Waals surface area (Å²) >= 11 is 6.20. The highest BCUT2D eigenvalue weighted by Gasteiger charge is 2.04. The third-order valence-electron chi connectivity index (χ3n) is 2.59. The summed E-state index contributed by atoms with van der Waals surface area (Å²) in [6.45, 7) is 2.83. The number of rotatable bonds is 4. The average Bonchev–Trinajstić information content (AvgIpc) is 2.33. The molecular weight excluding hydrogens is 246 g/mol. The minimum absolute atomic E-state index is 0.629. The van der Waals surface area contributed by atoms with Crippen molar-refractivity contribution in [3.63, 3.8) is 0 Å². The van der Waals surface area contributed by atoms with Gasteiger partial charge in [0.05, 0.1) is 5.02 Å². The van der Waals surface area contributed by atoms with Gasteiger partial charge in [0.1, 0.15) is 11.5 Å². The van der Waals surface area contributed by atoms with Crippen molar-refractivity contribution in [1.82, 2.24) is 5.32 Å². The van der Waals surface area contributed by atoms with Gasteiger partial charge in [0, 0.05) is 6.54 Å². The van der Waals surface area contributed by atoms with Crippen LogP contribution in [0.3, 0.4) is 0 Å². The minimum Gasteiger partial charge on any atom is -0.456 e. The van der Waals surface area contributed by atoms with Crippen LogP contribution in [0.15, 0.2) is 42.5 Å². The van der Waals surface area contributed by atoms with Crippen molar-refractivity contribution in [2.75, 3.05) is 7.05 Å². The van der Waals surface area contributed by atoms with Crippen LogP contribution in [0.25, 0.3) is 0 Å². The summed E-state index contributed by atoms with van der Waals surface area (Å²) in [7, 11) is 1.91. The highest BCUT2D eigenvalue weighted by Crippen LogP contribution is 2.30. The van der Waals surface area contributed by atoms with Crippen molar-refractivity contribution in [2.24, 2.45) is 0 Å². The van der Waals surface area contributed by atoms with Crippen LogP contribution >= 0.6 is 11.6 Å². The number of halogens is 1. The maximum atomic E-state index is 6.20. The highest BCUT2D eigenvalue weighted by molar-refractivity contribution is 6.32. The lowest BCUT2D eigenvalue weighted by Crippen LogP contribution is -2.04. The molecule has 0 radical (unpaired) electrons. The Bertz CT molecular complexity index is 540. The fraction of sp³-hybridized carbons (Fsp3) is 0.200. The smallest absolute Gasteiger partial charge is 0.146 e. The number of hydrogen-bond acceptors (Lipinski definition) is 2. The summed E-state index contributed by atoms with van der Waals surface area (Å²) in [4.78, 5) is 0. The molecule has 0 aliphatic heterocycles. The van der Waals surface area contributed by atoms with E-state index in [9.17, 15) is 0 Å². The van der Waals surface area contributed by atoms with Crippen LogP contribution in [0.2, 0.25) is 5.02 Å². The first-order valence-electron chi connectivity index (χ1n) is 5.86. The monoisotopic (exact) mass is 261 g/mol. The van der Waals surface area contributed by atoms with E-state index in [-0.39, 0.29) is 0 Å². The highest BCUT2D eigenvalue weighted by atomic mass is 35.5. The van der Waals surface area contributed by atoms with Crippen LogP contribution in [0, 0.1) is 6.92 Å². The van der Waals surface area contributed by atoms with Gasteiger partial charge in [-0.1, -0.05) is 29.8 Å². The third-order valence-corrected chi connectivity index (χ3v) is 2.89. The van der Waals surface area contributed by atoms with E-state index in [1.165, 1.54) is 0 Å². The van der Waals surface area contributed by atoms with E-state index in [4.69, 9.17) is 16.3 Å². The van der Waals surface area contributed by atoms with Crippen LogP contribution in [0.5, 0.6) is 11.5 Å². The standard InChI is InChI=1S/C15H16ClNO/c1-11-4-3-5-13(8-11)18-15-7-6-12(10-17-2)9-14(15)16/h3-9,17H,10H2,1-2H3. The Hall–Kier alpha value is -1.51. The van der Waals surface area contributed by atoms with Gasteiger partial charge in [0.15, 0.2) is 0 Å².